The Balaban J connectivity index is 1.76. The van der Waals surface area contributed by atoms with Gasteiger partial charge in [-0.3, -0.25) is 0 Å². The molecular weight excluding hydrogens is 238 g/mol. The van der Waals surface area contributed by atoms with Gasteiger partial charge in [-0.15, -0.1) is 0 Å². The number of hydrogen-bond acceptors (Lipinski definition) is 5. The fourth-order valence-electron chi connectivity index (χ4n) is 3.46. The highest BCUT2D eigenvalue weighted by atomic mass is 15.3. The van der Waals surface area contributed by atoms with Crippen LogP contribution in [0.25, 0.3) is 0 Å². The molecule has 5 nitrogen and oxygen atoms in total. The average molecular weight is 261 g/mol. The van der Waals surface area contributed by atoms with Gasteiger partial charge in [-0.25, -0.2) is 4.98 Å². The first-order valence-electron chi connectivity index (χ1n) is 7.22. The SMILES string of the molecule is CCCc1cc(N2CC3CN(C)CC3C2)nc(N)n1. The zero-order valence-corrected chi connectivity index (χ0v) is 11.8. The van der Waals surface area contributed by atoms with E-state index < -0.39 is 0 Å². The van der Waals surface area contributed by atoms with E-state index >= 15 is 0 Å². The second kappa shape index (κ2) is 4.96. The van der Waals surface area contributed by atoms with Gasteiger partial charge in [0.1, 0.15) is 5.82 Å². The van der Waals surface area contributed by atoms with Crippen molar-refractivity contribution in [2.75, 3.05) is 43.9 Å². The molecule has 0 saturated carbocycles. The van der Waals surface area contributed by atoms with E-state index in [-0.39, 0.29) is 0 Å². The number of likely N-dealkylation sites (tertiary alicyclic amines) is 1. The van der Waals surface area contributed by atoms with Crippen LogP contribution in [0, 0.1) is 11.8 Å². The average Bonchev–Trinajstić information content (AvgIpc) is 2.85. The molecule has 0 spiro atoms. The summed E-state index contributed by atoms with van der Waals surface area (Å²) in [5.74, 6) is 3.01. The highest BCUT2D eigenvalue weighted by Gasteiger charge is 2.39. The third-order valence-corrected chi connectivity index (χ3v) is 4.28. The van der Waals surface area contributed by atoms with Crippen LogP contribution in [0.1, 0.15) is 19.0 Å². The number of hydrogen-bond donors (Lipinski definition) is 1. The van der Waals surface area contributed by atoms with Gasteiger partial charge in [-0.2, -0.15) is 4.98 Å². The quantitative estimate of drug-likeness (QED) is 0.880. The number of rotatable bonds is 3. The number of nitrogens with two attached hydrogens (primary N) is 1. The number of aromatic nitrogens is 2. The molecule has 0 bridgehead atoms. The van der Waals surface area contributed by atoms with Crippen LogP contribution in [0.2, 0.25) is 0 Å². The van der Waals surface area contributed by atoms with E-state index in [1.165, 1.54) is 13.1 Å². The van der Waals surface area contributed by atoms with Gasteiger partial charge in [0.25, 0.3) is 0 Å². The predicted molar refractivity (Wildman–Crippen MR) is 77.1 cm³/mol. The van der Waals surface area contributed by atoms with Gasteiger partial charge in [-0.05, 0) is 25.3 Å². The third-order valence-electron chi connectivity index (χ3n) is 4.28. The van der Waals surface area contributed by atoms with Crippen molar-refractivity contribution in [3.8, 4) is 0 Å². The number of nitrogens with zero attached hydrogens (tertiary/aromatic N) is 4. The maximum Gasteiger partial charge on any atom is 0.222 e. The molecule has 104 valence electrons. The van der Waals surface area contributed by atoms with E-state index in [1.807, 2.05) is 0 Å². The number of nitrogen functional groups attached to an aromatic ring is 1. The lowest BCUT2D eigenvalue weighted by Crippen LogP contribution is -2.27. The van der Waals surface area contributed by atoms with Gasteiger partial charge in [0.2, 0.25) is 5.95 Å². The highest BCUT2D eigenvalue weighted by molar-refractivity contribution is 5.45. The summed E-state index contributed by atoms with van der Waals surface area (Å²) in [5.41, 5.74) is 6.91. The first-order chi connectivity index (χ1) is 9.15. The molecule has 0 aromatic carbocycles. The van der Waals surface area contributed by atoms with Crippen molar-refractivity contribution in [1.29, 1.82) is 0 Å². The van der Waals surface area contributed by atoms with Crippen molar-refractivity contribution in [2.45, 2.75) is 19.8 Å². The molecular formula is C14H23N5. The lowest BCUT2D eigenvalue weighted by molar-refractivity contribution is 0.387. The van der Waals surface area contributed by atoms with Crippen molar-refractivity contribution in [3.63, 3.8) is 0 Å². The Morgan fingerprint density at radius 3 is 2.53 bits per heavy atom. The van der Waals surface area contributed by atoms with Gasteiger partial charge >= 0.3 is 0 Å². The molecule has 2 aliphatic heterocycles. The molecule has 3 heterocycles. The van der Waals surface area contributed by atoms with Crippen LogP contribution in [0.15, 0.2) is 6.07 Å². The first-order valence-corrected chi connectivity index (χ1v) is 7.22. The molecule has 0 amide bonds. The number of anilines is 2. The lowest BCUT2D eigenvalue weighted by Gasteiger charge is -2.20. The van der Waals surface area contributed by atoms with Crippen LogP contribution in [0.5, 0.6) is 0 Å². The molecule has 2 atom stereocenters. The van der Waals surface area contributed by atoms with Gasteiger partial charge in [0.05, 0.1) is 0 Å². The van der Waals surface area contributed by atoms with E-state index in [9.17, 15) is 0 Å². The number of aryl methyl sites for hydroxylation is 1. The molecule has 3 rings (SSSR count). The standard InChI is InChI=1S/C14H23N5/c1-3-4-12-5-13(17-14(15)16-12)19-8-10-6-18(2)7-11(10)9-19/h5,10-11H,3-4,6-9H2,1-2H3,(H2,15,16,17). The highest BCUT2D eigenvalue weighted by Crippen LogP contribution is 2.32. The Bertz CT molecular complexity index is 447. The van der Waals surface area contributed by atoms with Gasteiger partial charge in [-0.1, -0.05) is 13.3 Å². The van der Waals surface area contributed by atoms with E-state index in [0.717, 1.165) is 49.3 Å². The molecule has 0 radical (unpaired) electrons. The summed E-state index contributed by atoms with van der Waals surface area (Å²) in [7, 11) is 2.21. The Hall–Kier alpha value is -1.36. The van der Waals surface area contributed by atoms with Crippen molar-refractivity contribution in [3.05, 3.63) is 11.8 Å². The summed E-state index contributed by atoms with van der Waals surface area (Å²) >= 11 is 0. The molecule has 1 aromatic heterocycles. The van der Waals surface area contributed by atoms with Gasteiger partial charge in [0, 0.05) is 37.9 Å². The maximum absolute atomic E-state index is 5.84. The summed E-state index contributed by atoms with van der Waals surface area (Å²) < 4.78 is 0. The Morgan fingerprint density at radius 2 is 1.89 bits per heavy atom. The monoisotopic (exact) mass is 261 g/mol. The van der Waals surface area contributed by atoms with Gasteiger partial charge < -0.3 is 15.5 Å². The molecule has 19 heavy (non-hydrogen) atoms. The van der Waals surface area contributed by atoms with Crippen LogP contribution in [0.3, 0.4) is 0 Å². The predicted octanol–water partition coefficient (Wildman–Crippen LogP) is 1.01. The molecule has 2 unspecified atom stereocenters. The fraction of sp³-hybridized carbons (Fsp3) is 0.714. The van der Waals surface area contributed by atoms with Crippen molar-refractivity contribution < 1.29 is 0 Å². The van der Waals surface area contributed by atoms with Crippen LogP contribution in [-0.4, -0.2) is 48.1 Å². The summed E-state index contributed by atoms with van der Waals surface area (Å²) in [5, 5.41) is 0. The summed E-state index contributed by atoms with van der Waals surface area (Å²) in [6.07, 6.45) is 2.06. The van der Waals surface area contributed by atoms with Crippen LogP contribution >= 0.6 is 0 Å². The summed E-state index contributed by atoms with van der Waals surface area (Å²) in [6, 6.07) is 2.12. The van der Waals surface area contributed by atoms with E-state index in [0.29, 0.717) is 5.95 Å². The second-order valence-electron chi connectivity index (χ2n) is 5.97. The molecule has 2 saturated heterocycles. The molecule has 1 aromatic rings. The second-order valence-corrected chi connectivity index (χ2v) is 5.97. The smallest absolute Gasteiger partial charge is 0.222 e. The minimum absolute atomic E-state index is 0.412. The Labute approximate surface area is 114 Å². The van der Waals surface area contributed by atoms with Crippen LogP contribution in [-0.2, 0) is 6.42 Å². The Morgan fingerprint density at radius 1 is 1.21 bits per heavy atom. The van der Waals surface area contributed by atoms with E-state index in [4.69, 9.17) is 5.73 Å². The minimum Gasteiger partial charge on any atom is -0.368 e. The van der Waals surface area contributed by atoms with Crippen LogP contribution in [0.4, 0.5) is 11.8 Å². The molecule has 2 fully saturated rings. The summed E-state index contributed by atoms with van der Waals surface area (Å²) in [6.45, 7) is 6.80. The van der Waals surface area contributed by atoms with E-state index in [1.54, 1.807) is 0 Å². The summed E-state index contributed by atoms with van der Waals surface area (Å²) in [4.78, 5) is 13.6. The number of fused-ring (bicyclic) bond motifs is 1. The maximum atomic E-state index is 5.84. The largest absolute Gasteiger partial charge is 0.368 e. The normalized spacial score (nSPS) is 26.9. The van der Waals surface area contributed by atoms with Crippen molar-refractivity contribution in [1.82, 2.24) is 14.9 Å². The first kappa shape index (κ1) is 12.7. The van der Waals surface area contributed by atoms with Gasteiger partial charge in [0.15, 0.2) is 0 Å². The zero-order valence-electron chi connectivity index (χ0n) is 11.8. The molecule has 2 aliphatic rings. The van der Waals surface area contributed by atoms with Crippen molar-refractivity contribution >= 4 is 11.8 Å². The fourth-order valence-corrected chi connectivity index (χ4v) is 3.46. The van der Waals surface area contributed by atoms with Crippen LogP contribution < -0.4 is 10.6 Å². The molecule has 2 N–H and O–H groups in total. The molecule has 5 heteroatoms. The van der Waals surface area contributed by atoms with E-state index in [2.05, 4.69) is 39.8 Å². The van der Waals surface area contributed by atoms with Crippen molar-refractivity contribution in [2.24, 2.45) is 11.8 Å². The molecule has 0 aliphatic carbocycles. The zero-order chi connectivity index (χ0) is 13.4. The Kier molecular flexibility index (Phi) is 3.31. The minimum atomic E-state index is 0.412. The third kappa shape index (κ3) is 2.52. The topological polar surface area (TPSA) is 58.3 Å². The lowest BCUT2D eigenvalue weighted by atomic mass is 10.0.